The maximum absolute atomic E-state index is 10.8. The van der Waals surface area contributed by atoms with Crippen LogP contribution in [0.5, 0.6) is 0 Å². The lowest BCUT2D eigenvalue weighted by Crippen LogP contribution is -1.97. The molecule has 0 aliphatic carbocycles. The molecule has 0 radical (unpaired) electrons. The second-order valence-electron chi connectivity index (χ2n) is 1.39. The van der Waals surface area contributed by atoms with Crippen LogP contribution in [-0.2, 0) is 0 Å². The smallest absolute Gasteiger partial charge is 0.201 e. The normalized spacial score (nSPS) is 8.50. The summed E-state index contributed by atoms with van der Waals surface area (Å²) in [5.74, 6) is 0.0463. The number of carbonyl (C=O) groups is 1. The van der Waals surface area contributed by atoms with E-state index in [0.717, 1.165) is 0 Å². The van der Waals surface area contributed by atoms with E-state index in [1.54, 1.807) is 11.6 Å². The predicted molar refractivity (Wildman–Crippen MR) is 47.0 cm³/mol. The average Bonchev–Trinajstić information content (AvgIpc) is 2.37. The van der Waals surface area contributed by atoms with Crippen LogP contribution in [0.3, 0.4) is 0 Å². The SMILES string of the molecule is C.O=C(CBr)c1nccs1. The van der Waals surface area contributed by atoms with Crippen LogP contribution in [0, 0.1) is 0 Å². The topological polar surface area (TPSA) is 30.0 Å². The van der Waals surface area contributed by atoms with Gasteiger partial charge in [-0.25, -0.2) is 4.98 Å². The Kier molecular flexibility index (Phi) is 4.47. The van der Waals surface area contributed by atoms with Crippen LogP contribution < -0.4 is 0 Å². The summed E-state index contributed by atoms with van der Waals surface area (Å²) in [6.45, 7) is 0. The highest BCUT2D eigenvalue weighted by atomic mass is 79.9. The first-order valence-electron chi connectivity index (χ1n) is 2.33. The van der Waals surface area contributed by atoms with Crippen molar-refractivity contribution in [2.24, 2.45) is 0 Å². The molecule has 0 aromatic carbocycles. The molecule has 0 amide bonds. The highest BCUT2D eigenvalue weighted by molar-refractivity contribution is 9.09. The minimum Gasteiger partial charge on any atom is -0.291 e. The van der Waals surface area contributed by atoms with Gasteiger partial charge >= 0.3 is 0 Å². The van der Waals surface area contributed by atoms with Crippen molar-refractivity contribution < 1.29 is 4.79 Å². The van der Waals surface area contributed by atoms with Crippen LogP contribution in [0.25, 0.3) is 0 Å². The number of ketones is 1. The summed E-state index contributed by atoms with van der Waals surface area (Å²) >= 11 is 4.42. The number of alkyl halides is 1. The van der Waals surface area contributed by atoms with Crippen LogP contribution in [0.1, 0.15) is 17.2 Å². The fourth-order valence-electron chi connectivity index (χ4n) is 0.418. The first-order chi connectivity index (χ1) is 4.34. The van der Waals surface area contributed by atoms with Gasteiger partial charge in [0.05, 0.1) is 5.33 Å². The van der Waals surface area contributed by atoms with Crippen LogP contribution >= 0.6 is 27.3 Å². The number of halogens is 1. The number of rotatable bonds is 2. The number of thiazole rings is 1. The van der Waals surface area contributed by atoms with Crippen molar-refractivity contribution in [1.82, 2.24) is 4.98 Å². The molecule has 0 aliphatic rings. The molecule has 0 aliphatic heterocycles. The highest BCUT2D eigenvalue weighted by Crippen LogP contribution is 2.05. The Hall–Kier alpha value is -0.220. The molecule has 1 heterocycles. The van der Waals surface area contributed by atoms with Gasteiger partial charge in [-0.1, -0.05) is 23.4 Å². The first kappa shape index (κ1) is 9.78. The summed E-state index contributed by atoms with van der Waals surface area (Å²) < 4.78 is 0. The van der Waals surface area contributed by atoms with Gasteiger partial charge in [0, 0.05) is 11.6 Å². The van der Waals surface area contributed by atoms with Crippen molar-refractivity contribution in [2.45, 2.75) is 7.43 Å². The molecule has 0 saturated heterocycles. The molecule has 0 N–H and O–H groups in total. The van der Waals surface area contributed by atoms with Crippen molar-refractivity contribution in [3.05, 3.63) is 16.6 Å². The minimum absolute atomic E-state index is 0. The quantitative estimate of drug-likeness (QED) is 0.567. The Bertz CT molecular complexity index is 198. The molecule has 1 rings (SSSR count). The Morgan fingerprint density at radius 2 is 2.50 bits per heavy atom. The van der Waals surface area contributed by atoms with Gasteiger partial charge in [0.2, 0.25) is 5.78 Å². The van der Waals surface area contributed by atoms with Crippen LogP contribution in [-0.4, -0.2) is 16.1 Å². The summed E-state index contributed by atoms with van der Waals surface area (Å²) in [5.41, 5.74) is 0. The monoisotopic (exact) mass is 221 g/mol. The average molecular weight is 222 g/mol. The van der Waals surface area contributed by atoms with E-state index in [2.05, 4.69) is 20.9 Å². The number of Topliss-reactive ketones (excluding diaryl/α,β-unsaturated/α-hetero) is 1. The fourth-order valence-corrected chi connectivity index (χ4v) is 1.45. The molecule has 0 saturated carbocycles. The van der Waals surface area contributed by atoms with Gasteiger partial charge in [-0.2, -0.15) is 0 Å². The number of aromatic nitrogens is 1. The summed E-state index contributed by atoms with van der Waals surface area (Å²) in [6.07, 6.45) is 1.63. The molecule has 0 fully saturated rings. The Morgan fingerprint density at radius 1 is 1.80 bits per heavy atom. The number of nitrogens with zero attached hydrogens (tertiary/aromatic N) is 1. The zero-order chi connectivity index (χ0) is 6.69. The largest absolute Gasteiger partial charge is 0.291 e. The van der Waals surface area contributed by atoms with E-state index < -0.39 is 0 Å². The molecule has 0 atom stereocenters. The second-order valence-corrected chi connectivity index (χ2v) is 2.85. The van der Waals surface area contributed by atoms with Crippen LogP contribution in [0.4, 0.5) is 0 Å². The Morgan fingerprint density at radius 3 is 2.90 bits per heavy atom. The van der Waals surface area contributed by atoms with E-state index in [1.807, 2.05) is 0 Å². The lowest BCUT2D eigenvalue weighted by molar-refractivity contribution is 0.102. The zero-order valence-corrected chi connectivity index (χ0v) is 6.91. The molecule has 10 heavy (non-hydrogen) atoms. The first-order valence-corrected chi connectivity index (χ1v) is 4.33. The summed E-state index contributed by atoms with van der Waals surface area (Å²) in [7, 11) is 0. The fraction of sp³-hybridized carbons (Fsp3) is 0.333. The molecule has 56 valence electrons. The minimum atomic E-state index is 0. The Labute approximate surface area is 72.4 Å². The molecular weight excluding hydrogens is 214 g/mol. The number of hydrogen-bond acceptors (Lipinski definition) is 3. The van der Waals surface area contributed by atoms with Crippen molar-refractivity contribution in [2.75, 3.05) is 5.33 Å². The van der Waals surface area contributed by atoms with Gasteiger partial charge in [-0.3, -0.25) is 4.79 Å². The Balaban J connectivity index is 0.000000810. The molecule has 4 heteroatoms. The number of hydrogen-bond donors (Lipinski definition) is 0. The van der Waals surface area contributed by atoms with Crippen LogP contribution in [0.15, 0.2) is 11.6 Å². The molecule has 1 aromatic rings. The van der Waals surface area contributed by atoms with Crippen molar-refractivity contribution in [3.8, 4) is 0 Å². The van der Waals surface area contributed by atoms with E-state index in [1.165, 1.54) is 11.3 Å². The molecule has 1 aromatic heterocycles. The third-order valence-electron chi connectivity index (χ3n) is 0.792. The van der Waals surface area contributed by atoms with Gasteiger partial charge in [0.25, 0.3) is 0 Å². The van der Waals surface area contributed by atoms with Gasteiger partial charge in [-0.15, -0.1) is 11.3 Å². The second kappa shape index (κ2) is 4.57. The van der Waals surface area contributed by atoms with E-state index in [4.69, 9.17) is 0 Å². The lowest BCUT2D eigenvalue weighted by Gasteiger charge is -1.83. The van der Waals surface area contributed by atoms with E-state index in [0.29, 0.717) is 10.3 Å². The summed E-state index contributed by atoms with van der Waals surface area (Å²) in [4.78, 5) is 14.6. The predicted octanol–water partition coefficient (Wildman–Crippen LogP) is 2.36. The highest BCUT2D eigenvalue weighted by Gasteiger charge is 2.03. The maximum atomic E-state index is 10.8. The van der Waals surface area contributed by atoms with Gasteiger partial charge in [0.15, 0.2) is 5.01 Å². The zero-order valence-electron chi connectivity index (χ0n) is 4.50. The van der Waals surface area contributed by atoms with Crippen molar-refractivity contribution in [1.29, 1.82) is 0 Å². The third-order valence-corrected chi connectivity index (χ3v) is 2.12. The van der Waals surface area contributed by atoms with Crippen LogP contribution in [0.2, 0.25) is 0 Å². The molecule has 0 spiro atoms. The van der Waals surface area contributed by atoms with E-state index in [9.17, 15) is 4.79 Å². The summed E-state index contributed by atoms with van der Waals surface area (Å²) in [6, 6.07) is 0. The number of carbonyl (C=O) groups excluding carboxylic acids is 1. The standard InChI is InChI=1S/C5H4BrNOS.CH4/c6-3-4(8)5-7-1-2-9-5;/h1-2H,3H2;1H4. The summed E-state index contributed by atoms with van der Waals surface area (Å²) in [5, 5.41) is 2.73. The van der Waals surface area contributed by atoms with Gasteiger partial charge in [-0.05, 0) is 0 Å². The van der Waals surface area contributed by atoms with E-state index >= 15 is 0 Å². The molecule has 2 nitrogen and oxygen atoms in total. The van der Waals surface area contributed by atoms with E-state index in [-0.39, 0.29) is 13.2 Å². The van der Waals surface area contributed by atoms with Gasteiger partial charge in [0.1, 0.15) is 0 Å². The molecular formula is C6H8BrNOS. The maximum Gasteiger partial charge on any atom is 0.201 e. The molecule has 0 bridgehead atoms. The van der Waals surface area contributed by atoms with Crippen molar-refractivity contribution >= 4 is 33.0 Å². The lowest BCUT2D eigenvalue weighted by atomic mass is 10.5. The van der Waals surface area contributed by atoms with Crippen molar-refractivity contribution in [3.63, 3.8) is 0 Å². The molecule has 0 unspecified atom stereocenters. The van der Waals surface area contributed by atoms with Gasteiger partial charge < -0.3 is 0 Å². The third kappa shape index (κ3) is 2.19.